The minimum Gasteiger partial charge on any atom is -0.481 e. The monoisotopic (exact) mass is 274 g/mol. The van der Waals surface area contributed by atoms with Gasteiger partial charge in [-0.05, 0) is 6.42 Å². The lowest BCUT2D eigenvalue weighted by Gasteiger charge is -2.31. The van der Waals surface area contributed by atoms with E-state index >= 15 is 0 Å². The van der Waals surface area contributed by atoms with Crippen molar-refractivity contribution >= 4 is 11.9 Å². The zero-order chi connectivity index (χ0) is 14.1. The smallest absolute Gasteiger partial charge is 0.306 e. The Morgan fingerprint density at radius 1 is 1.53 bits per heavy atom. The van der Waals surface area contributed by atoms with Crippen LogP contribution in [0.2, 0.25) is 0 Å². The summed E-state index contributed by atoms with van der Waals surface area (Å²) < 4.78 is 10.2. The standard InChI is InChI=1S/C12H22N2O5/c1-18-5-2-3-13-11(15)9-14-4-6-19-10(8-14)7-12(16)17/h10H,2-9H2,1H3,(H,13,15)(H,16,17). The van der Waals surface area contributed by atoms with Gasteiger partial charge in [-0.2, -0.15) is 0 Å². The third-order valence-corrected chi connectivity index (χ3v) is 2.84. The molecule has 1 saturated heterocycles. The van der Waals surface area contributed by atoms with Gasteiger partial charge in [0, 0.05) is 33.4 Å². The first-order valence-corrected chi connectivity index (χ1v) is 6.43. The first-order valence-electron chi connectivity index (χ1n) is 6.43. The zero-order valence-electron chi connectivity index (χ0n) is 11.3. The highest BCUT2D eigenvalue weighted by Crippen LogP contribution is 2.08. The van der Waals surface area contributed by atoms with Crippen LogP contribution >= 0.6 is 0 Å². The average molecular weight is 274 g/mol. The molecule has 1 amide bonds. The third-order valence-electron chi connectivity index (χ3n) is 2.84. The number of nitrogens with zero attached hydrogens (tertiary/aromatic N) is 1. The summed E-state index contributed by atoms with van der Waals surface area (Å²) in [6, 6.07) is 0. The van der Waals surface area contributed by atoms with Gasteiger partial charge in [0.2, 0.25) is 5.91 Å². The fourth-order valence-electron chi connectivity index (χ4n) is 1.95. The number of carbonyl (C=O) groups is 2. The van der Waals surface area contributed by atoms with Crippen LogP contribution in [0.1, 0.15) is 12.8 Å². The molecule has 7 nitrogen and oxygen atoms in total. The minimum atomic E-state index is -0.879. The number of carboxylic acids is 1. The maximum atomic E-state index is 11.7. The van der Waals surface area contributed by atoms with E-state index in [1.807, 2.05) is 4.90 Å². The van der Waals surface area contributed by atoms with Crippen LogP contribution < -0.4 is 5.32 Å². The zero-order valence-corrected chi connectivity index (χ0v) is 11.3. The number of hydrogen-bond acceptors (Lipinski definition) is 5. The summed E-state index contributed by atoms with van der Waals surface area (Å²) in [7, 11) is 1.62. The second kappa shape index (κ2) is 8.84. The van der Waals surface area contributed by atoms with Gasteiger partial charge in [0.15, 0.2) is 0 Å². The van der Waals surface area contributed by atoms with Crippen molar-refractivity contribution in [1.29, 1.82) is 0 Å². The Balaban J connectivity index is 2.20. The Hall–Kier alpha value is -1.18. The predicted molar refractivity (Wildman–Crippen MR) is 67.9 cm³/mol. The van der Waals surface area contributed by atoms with Crippen LogP contribution in [0, 0.1) is 0 Å². The first-order chi connectivity index (χ1) is 9.11. The van der Waals surface area contributed by atoms with Crippen molar-refractivity contribution in [3.05, 3.63) is 0 Å². The second-order valence-corrected chi connectivity index (χ2v) is 4.52. The molecule has 0 aromatic carbocycles. The molecule has 1 rings (SSSR count). The van der Waals surface area contributed by atoms with E-state index in [-0.39, 0.29) is 25.0 Å². The van der Waals surface area contributed by atoms with Gasteiger partial charge in [-0.25, -0.2) is 0 Å². The molecule has 1 aliphatic heterocycles. The molecule has 1 atom stereocenters. The highest BCUT2D eigenvalue weighted by Gasteiger charge is 2.23. The molecule has 1 fully saturated rings. The molecule has 0 radical (unpaired) electrons. The van der Waals surface area contributed by atoms with Crippen molar-refractivity contribution in [3.63, 3.8) is 0 Å². The highest BCUT2D eigenvalue weighted by molar-refractivity contribution is 5.78. The summed E-state index contributed by atoms with van der Waals surface area (Å²) >= 11 is 0. The number of hydrogen-bond donors (Lipinski definition) is 2. The topological polar surface area (TPSA) is 88.1 Å². The normalized spacial score (nSPS) is 20.2. The number of morpholine rings is 1. The Morgan fingerprint density at radius 2 is 2.32 bits per heavy atom. The van der Waals surface area contributed by atoms with E-state index in [1.54, 1.807) is 7.11 Å². The molecule has 0 aliphatic carbocycles. The number of methoxy groups -OCH3 is 1. The fourth-order valence-corrected chi connectivity index (χ4v) is 1.95. The van der Waals surface area contributed by atoms with E-state index in [0.29, 0.717) is 32.8 Å². The lowest BCUT2D eigenvalue weighted by molar-refractivity contribution is -0.142. The summed E-state index contributed by atoms with van der Waals surface area (Å²) in [5.74, 6) is -0.928. The minimum absolute atomic E-state index is 0.0219. The number of ether oxygens (including phenoxy) is 2. The maximum absolute atomic E-state index is 11.7. The molecule has 0 aromatic heterocycles. The molecule has 19 heavy (non-hydrogen) atoms. The number of carboxylic acid groups (broad SMARTS) is 1. The van der Waals surface area contributed by atoms with Crippen LogP contribution in [0.3, 0.4) is 0 Å². The summed E-state index contributed by atoms with van der Waals surface area (Å²) in [6.07, 6.45) is 0.436. The number of rotatable bonds is 8. The summed E-state index contributed by atoms with van der Waals surface area (Å²) in [5.41, 5.74) is 0. The largest absolute Gasteiger partial charge is 0.481 e. The molecule has 0 spiro atoms. The third kappa shape index (κ3) is 7.09. The predicted octanol–water partition coefficient (Wildman–Crippen LogP) is -0.685. The van der Waals surface area contributed by atoms with E-state index < -0.39 is 5.97 Å². The molecule has 1 heterocycles. The van der Waals surface area contributed by atoms with Gasteiger partial charge in [0.1, 0.15) is 0 Å². The fraction of sp³-hybridized carbons (Fsp3) is 0.833. The van der Waals surface area contributed by atoms with E-state index in [2.05, 4.69) is 5.32 Å². The Kier molecular flexibility index (Phi) is 7.39. The highest BCUT2D eigenvalue weighted by atomic mass is 16.5. The molecule has 0 bridgehead atoms. The maximum Gasteiger partial charge on any atom is 0.306 e. The van der Waals surface area contributed by atoms with E-state index in [9.17, 15) is 9.59 Å². The van der Waals surface area contributed by atoms with Crippen molar-refractivity contribution in [2.75, 3.05) is 46.5 Å². The average Bonchev–Trinajstić information content (AvgIpc) is 2.34. The molecule has 110 valence electrons. The molecule has 7 heteroatoms. The van der Waals surface area contributed by atoms with Crippen LogP contribution in [0.5, 0.6) is 0 Å². The van der Waals surface area contributed by atoms with Crippen LogP contribution in [-0.2, 0) is 19.1 Å². The number of nitrogens with one attached hydrogen (secondary N) is 1. The van der Waals surface area contributed by atoms with Gasteiger partial charge in [0.25, 0.3) is 0 Å². The van der Waals surface area contributed by atoms with Crippen molar-refractivity contribution in [3.8, 4) is 0 Å². The summed E-state index contributed by atoms with van der Waals surface area (Å²) in [5, 5.41) is 11.5. The molecular weight excluding hydrogens is 252 g/mol. The van der Waals surface area contributed by atoms with Gasteiger partial charge in [-0.1, -0.05) is 0 Å². The second-order valence-electron chi connectivity index (χ2n) is 4.52. The molecule has 0 saturated carbocycles. The van der Waals surface area contributed by atoms with Gasteiger partial charge >= 0.3 is 5.97 Å². The Bertz CT molecular complexity index is 298. The van der Waals surface area contributed by atoms with Gasteiger partial charge < -0.3 is 19.9 Å². The van der Waals surface area contributed by atoms with Gasteiger partial charge in [0.05, 0.1) is 25.7 Å². The molecular formula is C12H22N2O5. The van der Waals surface area contributed by atoms with Crippen molar-refractivity contribution in [2.45, 2.75) is 18.9 Å². The van der Waals surface area contributed by atoms with Gasteiger partial charge in [-0.15, -0.1) is 0 Å². The van der Waals surface area contributed by atoms with E-state index in [0.717, 1.165) is 6.42 Å². The van der Waals surface area contributed by atoms with Crippen molar-refractivity contribution < 1.29 is 24.2 Å². The number of amides is 1. The molecule has 0 aromatic rings. The van der Waals surface area contributed by atoms with Gasteiger partial charge in [-0.3, -0.25) is 14.5 Å². The van der Waals surface area contributed by atoms with E-state index in [1.165, 1.54) is 0 Å². The summed E-state index contributed by atoms with van der Waals surface area (Å²) in [4.78, 5) is 24.2. The number of carbonyl (C=O) groups excluding carboxylic acids is 1. The van der Waals surface area contributed by atoms with Crippen LogP contribution in [0.15, 0.2) is 0 Å². The van der Waals surface area contributed by atoms with Crippen LogP contribution in [0.4, 0.5) is 0 Å². The lowest BCUT2D eigenvalue weighted by Crippen LogP contribution is -2.47. The molecule has 1 aliphatic rings. The lowest BCUT2D eigenvalue weighted by atomic mass is 10.2. The SMILES string of the molecule is COCCCNC(=O)CN1CCOC(CC(=O)O)C1. The summed E-state index contributed by atoms with van der Waals surface area (Å²) in [6.45, 7) is 3.11. The van der Waals surface area contributed by atoms with Crippen molar-refractivity contribution in [2.24, 2.45) is 0 Å². The van der Waals surface area contributed by atoms with Crippen LogP contribution in [0.25, 0.3) is 0 Å². The van der Waals surface area contributed by atoms with Crippen LogP contribution in [-0.4, -0.2) is 74.5 Å². The Morgan fingerprint density at radius 3 is 3.00 bits per heavy atom. The van der Waals surface area contributed by atoms with Crippen molar-refractivity contribution in [1.82, 2.24) is 10.2 Å². The Labute approximate surface area is 112 Å². The number of aliphatic carboxylic acids is 1. The molecule has 1 unspecified atom stereocenters. The quantitative estimate of drug-likeness (QED) is 0.570. The molecule has 2 N–H and O–H groups in total. The van der Waals surface area contributed by atoms with E-state index in [4.69, 9.17) is 14.6 Å². The first kappa shape index (κ1) is 15.9.